The Labute approximate surface area is 135 Å². The number of pyridine rings is 1. The first-order valence-corrected chi connectivity index (χ1v) is 8.36. The van der Waals surface area contributed by atoms with Crippen molar-refractivity contribution >= 4 is 34.7 Å². The molecule has 0 saturated carbocycles. The van der Waals surface area contributed by atoms with Crippen LogP contribution >= 0.6 is 23.1 Å². The SMILES string of the molecule is Cn1c(SCC(=O)Nc2ccncc2)nnc1-c1cccs1. The Hall–Kier alpha value is -2.19. The lowest BCUT2D eigenvalue weighted by Crippen LogP contribution is -2.14. The van der Waals surface area contributed by atoms with Crippen LogP contribution in [-0.2, 0) is 11.8 Å². The van der Waals surface area contributed by atoms with E-state index in [9.17, 15) is 4.79 Å². The summed E-state index contributed by atoms with van der Waals surface area (Å²) in [7, 11) is 1.90. The summed E-state index contributed by atoms with van der Waals surface area (Å²) in [6, 6.07) is 7.47. The fourth-order valence-corrected chi connectivity index (χ4v) is 3.28. The first-order valence-electron chi connectivity index (χ1n) is 6.50. The molecule has 6 nitrogen and oxygen atoms in total. The van der Waals surface area contributed by atoms with Crippen LogP contribution in [-0.4, -0.2) is 31.4 Å². The van der Waals surface area contributed by atoms with Crippen LogP contribution in [0.3, 0.4) is 0 Å². The second kappa shape index (κ2) is 6.71. The minimum Gasteiger partial charge on any atom is -0.325 e. The van der Waals surface area contributed by atoms with Gasteiger partial charge in [0.1, 0.15) is 0 Å². The van der Waals surface area contributed by atoms with Gasteiger partial charge in [-0.2, -0.15) is 0 Å². The first-order chi connectivity index (χ1) is 10.7. The monoisotopic (exact) mass is 331 g/mol. The highest BCUT2D eigenvalue weighted by molar-refractivity contribution is 7.99. The number of aromatic nitrogens is 4. The summed E-state index contributed by atoms with van der Waals surface area (Å²) in [5, 5.41) is 13.9. The van der Waals surface area contributed by atoms with Gasteiger partial charge in [-0.05, 0) is 23.6 Å². The second-order valence-electron chi connectivity index (χ2n) is 4.42. The number of carbonyl (C=O) groups is 1. The number of rotatable bonds is 5. The summed E-state index contributed by atoms with van der Waals surface area (Å²) in [6.45, 7) is 0. The molecule has 0 radical (unpaired) electrons. The van der Waals surface area contributed by atoms with Gasteiger partial charge in [-0.15, -0.1) is 21.5 Å². The average molecular weight is 331 g/mol. The number of nitrogens with zero attached hydrogens (tertiary/aromatic N) is 4. The van der Waals surface area contributed by atoms with Crippen LogP contribution in [0.4, 0.5) is 5.69 Å². The van der Waals surface area contributed by atoms with Crippen LogP contribution in [0.15, 0.2) is 47.2 Å². The van der Waals surface area contributed by atoms with Gasteiger partial charge in [0, 0.05) is 25.1 Å². The number of amides is 1. The van der Waals surface area contributed by atoms with Gasteiger partial charge in [0.2, 0.25) is 5.91 Å². The molecule has 3 heterocycles. The van der Waals surface area contributed by atoms with E-state index in [2.05, 4.69) is 20.5 Å². The van der Waals surface area contributed by atoms with Gasteiger partial charge < -0.3 is 9.88 Å². The molecule has 0 aliphatic rings. The average Bonchev–Trinajstić information content (AvgIpc) is 3.16. The molecule has 112 valence electrons. The molecule has 0 aliphatic carbocycles. The normalized spacial score (nSPS) is 10.6. The highest BCUT2D eigenvalue weighted by atomic mass is 32.2. The Morgan fingerprint density at radius 2 is 2.14 bits per heavy atom. The van der Waals surface area contributed by atoms with Crippen LogP contribution in [0.5, 0.6) is 0 Å². The maximum Gasteiger partial charge on any atom is 0.234 e. The van der Waals surface area contributed by atoms with Crippen molar-refractivity contribution in [3.05, 3.63) is 42.0 Å². The standard InChI is InChI=1S/C14H13N5OS2/c1-19-13(11-3-2-8-21-11)17-18-14(19)22-9-12(20)16-10-4-6-15-7-5-10/h2-8H,9H2,1H3,(H,15,16,20). The largest absolute Gasteiger partial charge is 0.325 e. The first kappa shape index (κ1) is 14.7. The molecule has 0 saturated heterocycles. The number of thioether (sulfide) groups is 1. The highest BCUT2D eigenvalue weighted by Crippen LogP contribution is 2.25. The van der Waals surface area contributed by atoms with E-state index < -0.39 is 0 Å². The van der Waals surface area contributed by atoms with E-state index >= 15 is 0 Å². The molecule has 3 aromatic heterocycles. The number of nitrogens with one attached hydrogen (secondary N) is 1. The van der Waals surface area contributed by atoms with E-state index in [0.29, 0.717) is 5.16 Å². The van der Waals surface area contributed by atoms with E-state index in [1.54, 1.807) is 35.9 Å². The fourth-order valence-electron chi connectivity index (χ4n) is 1.82. The Kier molecular flexibility index (Phi) is 4.50. The Morgan fingerprint density at radius 3 is 2.86 bits per heavy atom. The highest BCUT2D eigenvalue weighted by Gasteiger charge is 2.13. The zero-order chi connectivity index (χ0) is 15.4. The van der Waals surface area contributed by atoms with Gasteiger partial charge in [-0.3, -0.25) is 9.78 Å². The maximum absolute atomic E-state index is 11.9. The Morgan fingerprint density at radius 1 is 1.32 bits per heavy atom. The van der Waals surface area contributed by atoms with Crippen LogP contribution < -0.4 is 5.32 Å². The molecule has 1 amide bonds. The molecular formula is C14H13N5OS2. The van der Waals surface area contributed by atoms with Crippen LogP contribution in [0.25, 0.3) is 10.7 Å². The van der Waals surface area contributed by atoms with Gasteiger partial charge >= 0.3 is 0 Å². The number of hydrogen-bond acceptors (Lipinski definition) is 6. The third kappa shape index (κ3) is 3.34. The predicted octanol–water partition coefficient (Wildman–Crippen LogP) is 2.67. The number of hydrogen-bond donors (Lipinski definition) is 1. The molecule has 3 aromatic rings. The molecular weight excluding hydrogens is 318 g/mol. The summed E-state index contributed by atoms with van der Waals surface area (Å²) in [5.74, 6) is 1.00. The smallest absolute Gasteiger partial charge is 0.234 e. The van der Waals surface area contributed by atoms with E-state index in [-0.39, 0.29) is 11.7 Å². The molecule has 0 aromatic carbocycles. The summed E-state index contributed by atoms with van der Waals surface area (Å²) >= 11 is 2.97. The van der Waals surface area contributed by atoms with Gasteiger partial charge in [-0.1, -0.05) is 17.8 Å². The third-order valence-corrected chi connectivity index (χ3v) is 4.76. The minimum absolute atomic E-state index is 0.0862. The van der Waals surface area contributed by atoms with Crippen molar-refractivity contribution in [3.8, 4) is 10.7 Å². The summed E-state index contributed by atoms with van der Waals surface area (Å²) in [4.78, 5) is 16.9. The second-order valence-corrected chi connectivity index (χ2v) is 6.31. The predicted molar refractivity (Wildman–Crippen MR) is 87.9 cm³/mol. The van der Waals surface area contributed by atoms with Crippen molar-refractivity contribution in [2.45, 2.75) is 5.16 Å². The van der Waals surface area contributed by atoms with Crippen molar-refractivity contribution in [1.82, 2.24) is 19.7 Å². The lowest BCUT2D eigenvalue weighted by Gasteiger charge is -2.04. The molecule has 0 unspecified atom stereocenters. The van der Waals surface area contributed by atoms with Gasteiger partial charge in [0.15, 0.2) is 11.0 Å². The lowest BCUT2D eigenvalue weighted by molar-refractivity contribution is -0.113. The molecule has 0 bridgehead atoms. The molecule has 0 aliphatic heterocycles. The van der Waals surface area contributed by atoms with Gasteiger partial charge in [-0.25, -0.2) is 0 Å². The van der Waals surface area contributed by atoms with Gasteiger partial charge in [0.25, 0.3) is 0 Å². The zero-order valence-corrected chi connectivity index (χ0v) is 13.4. The Balaban J connectivity index is 1.61. The van der Waals surface area contributed by atoms with E-state index in [4.69, 9.17) is 0 Å². The molecule has 0 atom stereocenters. The van der Waals surface area contributed by atoms with Crippen LogP contribution in [0.2, 0.25) is 0 Å². The number of carbonyl (C=O) groups excluding carboxylic acids is 1. The Bertz CT molecular complexity index is 755. The quantitative estimate of drug-likeness (QED) is 0.728. The lowest BCUT2D eigenvalue weighted by atomic mass is 10.4. The van der Waals surface area contributed by atoms with Crippen LogP contribution in [0, 0.1) is 0 Å². The van der Waals surface area contributed by atoms with E-state index in [1.165, 1.54) is 11.8 Å². The summed E-state index contributed by atoms with van der Waals surface area (Å²) in [6.07, 6.45) is 3.28. The summed E-state index contributed by atoms with van der Waals surface area (Å²) < 4.78 is 1.90. The number of anilines is 1. The van der Waals surface area contributed by atoms with Crippen molar-refractivity contribution in [2.75, 3.05) is 11.1 Å². The molecule has 1 N–H and O–H groups in total. The fraction of sp³-hybridized carbons (Fsp3) is 0.143. The van der Waals surface area contributed by atoms with Crippen molar-refractivity contribution < 1.29 is 4.79 Å². The maximum atomic E-state index is 11.9. The topological polar surface area (TPSA) is 72.7 Å². The third-order valence-electron chi connectivity index (χ3n) is 2.87. The van der Waals surface area contributed by atoms with Crippen molar-refractivity contribution in [3.63, 3.8) is 0 Å². The molecule has 0 spiro atoms. The molecule has 3 rings (SSSR count). The van der Waals surface area contributed by atoms with Gasteiger partial charge in [0.05, 0.1) is 10.6 Å². The molecule has 8 heteroatoms. The van der Waals surface area contributed by atoms with Crippen molar-refractivity contribution in [2.24, 2.45) is 7.05 Å². The summed E-state index contributed by atoms with van der Waals surface area (Å²) in [5.41, 5.74) is 0.734. The molecule has 0 fully saturated rings. The molecule has 22 heavy (non-hydrogen) atoms. The minimum atomic E-state index is -0.0862. The van der Waals surface area contributed by atoms with E-state index in [0.717, 1.165) is 16.4 Å². The van der Waals surface area contributed by atoms with Crippen LogP contribution in [0.1, 0.15) is 0 Å². The zero-order valence-electron chi connectivity index (χ0n) is 11.8. The number of thiophene rings is 1. The van der Waals surface area contributed by atoms with E-state index in [1.807, 2.05) is 29.1 Å². The van der Waals surface area contributed by atoms with Crippen molar-refractivity contribution in [1.29, 1.82) is 0 Å².